The molecule has 0 unspecified atom stereocenters. The van der Waals surface area contributed by atoms with Crippen molar-refractivity contribution in [2.75, 3.05) is 32.8 Å². The highest BCUT2D eigenvalue weighted by Crippen LogP contribution is 2.14. The van der Waals surface area contributed by atoms with E-state index in [-0.39, 0.29) is 18.3 Å². The van der Waals surface area contributed by atoms with Gasteiger partial charge in [-0.2, -0.15) is 0 Å². The summed E-state index contributed by atoms with van der Waals surface area (Å²) < 4.78 is 11.1. The molecule has 1 saturated heterocycles. The molecule has 0 saturated carbocycles. The molecule has 0 aromatic heterocycles. The molecule has 0 N–H and O–H groups in total. The fraction of sp³-hybridized carbons (Fsp3) is 0.938. The summed E-state index contributed by atoms with van der Waals surface area (Å²) in [5.41, 5.74) is 0. The molecular weight excluding hydrogens is 254 g/mol. The first-order valence-corrected chi connectivity index (χ1v) is 7.97. The van der Waals surface area contributed by atoms with E-state index in [9.17, 15) is 4.79 Å². The predicted molar refractivity (Wildman–Crippen MR) is 81.0 cm³/mol. The molecule has 0 aliphatic carbocycles. The number of hydrogen-bond donors (Lipinski definition) is 0. The lowest BCUT2D eigenvalue weighted by Gasteiger charge is -2.39. The van der Waals surface area contributed by atoms with Gasteiger partial charge in [-0.05, 0) is 39.7 Å². The van der Waals surface area contributed by atoms with Gasteiger partial charge in [0.25, 0.3) is 0 Å². The SMILES string of the molecule is CC(C)OC1CN(CCCCCOCC(=O)C(C)C)C1. The van der Waals surface area contributed by atoms with E-state index in [4.69, 9.17) is 9.47 Å². The summed E-state index contributed by atoms with van der Waals surface area (Å²) in [5, 5.41) is 0. The molecule has 0 spiro atoms. The minimum Gasteiger partial charge on any atom is -0.374 e. The third kappa shape index (κ3) is 7.36. The van der Waals surface area contributed by atoms with Crippen LogP contribution in [0.25, 0.3) is 0 Å². The molecule has 20 heavy (non-hydrogen) atoms. The van der Waals surface area contributed by atoms with Crippen molar-refractivity contribution in [3.8, 4) is 0 Å². The van der Waals surface area contributed by atoms with Crippen LogP contribution in [-0.2, 0) is 14.3 Å². The Hall–Kier alpha value is -0.450. The zero-order chi connectivity index (χ0) is 15.0. The summed E-state index contributed by atoms with van der Waals surface area (Å²) in [5.74, 6) is 0.282. The number of rotatable bonds is 11. The quantitative estimate of drug-likeness (QED) is 0.547. The Morgan fingerprint density at radius 2 is 1.85 bits per heavy atom. The summed E-state index contributed by atoms with van der Waals surface area (Å²) in [6.07, 6.45) is 4.21. The number of Topliss-reactive ketones (excluding diaryl/α,β-unsaturated/α-hetero) is 1. The molecule has 0 radical (unpaired) electrons. The molecule has 0 aromatic carbocycles. The van der Waals surface area contributed by atoms with Crippen molar-refractivity contribution >= 4 is 5.78 Å². The van der Waals surface area contributed by atoms with Gasteiger partial charge >= 0.3 is 0 Å². The molecule has 118 valence electrons. The van der Waals surface area contributed by atoms with Gasteiger partial charge in [0.2, 0.25) is 0 Å². The normalized spacial score (nSPS) is 16.9. The molecule has 1 fully saturated rings. The van der Waals surface area contributed by atoms with Crippen LogP contribution in [-0.4, -0.2) is 55.7 Å². The van der Waals surface area contributed by atoms with Crippen molar-refractivity contribution in [1.82, 2.24) is 4.90 Å². The molecule has 1 heterocycles. The van der Waals surface area contributed by atoms with E-state index in [1.54, 1.807) is 0 Å². The van der Waals surface area contributed by atoms with Gasteiger partial charge in [0.15, 0.2) is 5.78 Å². The molecule has 0 atom stereocenters. The van der Waals surface area contributed by atoms with Crippen LogP contribution < -0.4 is 0 Å². The molecular formula is C16H31NO3. The molecule has 0 aromatic rings. The predicted octanol–water partition coefficient (Wildman–Crippen LogP) is 2.51. The Kier molecular flexibility index (Phi) is 8.34. The Morgan fingerprint density at radius 1 is 1.15 bits per heavy atom. The second-order valence-corrected chi connectivity index (χ2v) is 6.30. The van der Waals surface area contributed by atoms with Crippen LogP contribution in [0, 0.1) is 5.92 Å². The van der Waals surface area contributed by atoms with Crippen LogP contribution in [0.2, 0.25) is 0 Å². The van der Waals surface area contributed by atoms with Crippen LogP contribution in [0.5, 0.6) is 0 Å². The first kappa shape index (κ1) is 17.6. The van der Waals surface area contributed by atoms with E-state index in [0.29, 0.717) is 18.8 Å². The maximum absolute atomic E-state index is 11.3. The van der Waals surface area contributed by atoms with Gasteiger partial charge in [-0.1, -0.05) is 13.8 Å². The van der Waals surface area contributed by atoms with E-state index in [2.05, 4.69) is 18.7 Å². The number of likely N-dealkylation sites (tertiary alicyclic amines) is 1. The summed E-state index contributed by atoms with van der Waals surface area (Å²) >= 11 is 0. The number of nitrogens with zero attached hydrogens (tertiary/aromatic N) is 1. The Labute approximate surface area is 123 Å². The molecule has 1 aliphatic rings. The van der Waals surface area contributed by atoms with Crippen LogP contribution in [0.15, 0.2) is 0 Å². The highest BCUT2D eigenvalue weighted by molar-refractivity contribution is 5.81. The lowest BCUT2D eigenvalue weighted by Crippen LogP contribution is -2.53. The number of unbranched alkanes of at least 4 members (excludes halogenated alkanes) is 2. The smallest absolute Gasteiger partial charge is 0.160 e. The highest BCUT2D eigenvalue weighted by Gasteiger charge is 2.27. The van der Waals surface area contributed by atoms with Gasteiger partial charge in [0, 0.05) is 25.6 Å². The largest absolute Gasteiger partial charge is 0.374 e. The van der Waals surface area contributed by atoms with Crippen molar-refractivity contribution in [2.45, 2.75) is 59.2 Å². The van der Waals surface area contributed by atoms with Gasteiger partial charge in [0.1, 0.15) is 6.61 Å². The van der Waals surface area contributed by atoms with E-state index >= 15 is 0 Å². The fourth-order valence-corrected chi connectivity index (χ4v) is 2.23. The topological polar surface area (TPSA) is 38.8 Å². The Balaban J connectivity index is 1.83. The average Bonchev–Trinajstić information content (AvgIpc) is 2.33. The van der Waals surface area contributed by atoms with Crippen LogP contribution in [0.1, 0.15) is 47.0 Å². The summed E-state index contributed by atoms with van der Waals surface area (Å²) in [6, 6.07) is 0. The van der Waals surface area contributed by atoms with Gasteiger partial charge < -0.3 is 9.47 Å². The summed E-state index contributed by atoms with van der Waals surface area (Å²) in [4.78, 5) is 13.8. The second kappa shape index (κ2) is 9.48. The Bertz CT molecular complexity index is 273. The van der Waals surface area contributed by atoms with E-state index in [1.165, 1.54) is 12.8 Å². The lowest BCUT2D eigenvalue weighted by atomic mass is 10.1. The first-order chi connectivity index (χ1) is 9.49. The minimum atomic E-state index is 0.0856. The average molecular weight is 285 g/mol. The van der Waals surface area contributed by atoms with Crippen LogP contribution in [0.3, 0.4) is 0 Å². The molecule has 1 aliphatic heterocycles. The van der Waals surface area contributed by atoms with Crippen molar-refractivity contribution in [3.05, 3.63) is 0 Å². The van der Waals surface area contributed by atoms with Gasteiger partial charge in [0.05, 0.1) is 12.2 Å². The number of carbonyl (C=O) groups is 1. The zero-order valence-corrected chi connectivity index (χ0v) is 13.6. The number of carbonyl (C=O) groups excluding carboxylic acids is 1. The second-order valence-electron chi connectivity index (χ2n) is 6.30. The number of ketones is 1. The first-order valence-electron chi connectivity index (χ1n) is 7.97. The van der Waals surface area contributed by atoms with Crippen molar-refractivity contribution in [1.29, 1.82) is 0 Å². The van der Waals surface area contributed by atoms with Crippen molar-refractivity contribution in [2.24, 2.45) is 5.92 Å². The van der Waals surface area contributed by atoms with Gasteiger partial charge in [-0.25, -0.2) is 0 Å². The van der Waals surface area contributed by atoms with Crippen LogP contribution >= 0.6 is 0 Å². The van der Waals surface area contributed by atoms with E-state index in [0.717, 1.165) is 26.1 Å². The number of hydrogen-bond acceptors (Lipinski definition) is 4. The standard InChI is InChI=1S/C16H31NO3/c1-13(2)16(18)12-19-9-7-5-6-8-17-10-15(11-17)20-14(3)4/h13-15H,5-12H2,1-4H3. The molecule has 0 amide bonds. The van der Waals surface area contributed by atoms with E-state index in [1.807, 2.05) is 13.8 Å². The highest BCUT2D eigenvalue weighted by atomic mass is 16.5. The maximum Gasteiger partial charge on any atom is 0.160 e. The summed E-state index contributed by atoms with van der Waals surface area (Å²) in [7, 11) is 0. The fourth-order valence-electron chi connectivity index (χ4n) is 2.23. The molecule has 4 nitrogen and oxygen atoms in total. The van der Waals surface area contributed by atoms with Gasteiger partial charge in [-0.3, -0.25) is 9.69 Å². The van der Waals surface area contributed by atoms with Crippen molar-refractivity contribution in [3.63, 3.8) is 0 Å². The number of ether oxygens (including phenoxy) is 2. The third-order valence-electron chi connectivity index (χ3n) is 3.54. The minimum absolute atomic E-state index is 0.0856. The Morgan fingerprint density at radius 3 is 2.45 bits per heavy atom. The molecule has 1 rings (SSSR count). The van der Waals surface area contributed by atoms with Crippen LogP contribution in [0.4, 0.5) is 0 Å². The van der Waals surface area contributed by atoms with Crippen molar-refractivity contribution < 1.29 is 14.3 Å². The maximum atomic E-state index is 11.3. The molecule has 4 heteroatoms. The molecule has 0 bridgehead atoms. The monoisotopic (exact) mass is 285 g/mol. The lowest BCUT2D eigenvalue weighted by molar-refractivity contribution is -0.126. The summed E-state index contributed by atoms with van der Waals surface area (Å²) in [6.45, 7) is 12.3. The third-order valence-corrected chi connectivity index (χ3v) is 3.54. The van der Waals surface area contributed by atoms with Gasteiger partial charge in [-0.15, -0.1) is 0 Å². The van der Waals surface area contributed by atoms with E-state index < -0.39 is 0 Å². The zero-order valence-electron chi connectivity index (χ0n) is 13.6.